The Morgan fingerprint density at radius 1 is 1.05 bits per heavy atom. The third-order valence-electron chi connectivity index (χ3n) is 3.89. The van der Waals surface area contributed by atoms with Gasteiger partial charge < -0.3 is 10.4 Å². The average molecular weight is 283 g/mol. The van der Waals surface area contributed by atoms with Crippen molar-refractivity contribution in [2.45, 2.75) is 39.3 Å². The molecule has 21 heavy (non-hydrogen) atoms. The average Bonchev–Trinajstić information content (AvgIpc) is 2.49. The van der Waals surface area contributed by atoms with Gasteiger partial charge in [-0.3, -0.25) is 0 Å². The lowest BCUT2D eigenvalue weighted by atomic mass is 9.93. The Morgan fingerprint density at radius 2 is 1.76 bits per heavy atom. The molecule has 2 aromatic rings. The number of aliphatic hydroxyl groups is 1. The molecule has 2 unspecified atom stereocenters. The van der Waals surface area contributed by atoms with Gasteiger partial charge in [-0.2, -0.15) is 0 Å². The molecule has 0 saturated heterocycles. The Balaban J connectivity index is 2.38. The van der Waals surface area contributed by atoms with E-state index in [1.165, 1.54) is 22.3 Å². The smallest absolute Gasteiger partial charge is 0.0581 e. The highest BCUT2D eigenvalue weighted by Crippen LogP contribution is 2.26. The van der Waals surface area contributed by atoms with Gasteiger partial charge in [0.2, 0.25) is 0 Å². The molecular formula is C19H25NO. The van der Waals surface area contributed by atoms with Crippen molar-refractivity contribution in [1.82, 2.24) is 5.32 Å². The van der Waals surface area contributed by atoms with Crippen LogP contribution in [0.2, 0.25) is 0 Å². The summed E-state index contributed by atoms with van der Waals surface area (Å²) >= 11 is 0. The summed E-state index contributed by atoms with van der Waals surface area (Å²) in [5, 5.41) is 12.8. The maximum atomic E-state index is 9.15. The molecule has 2 rings (SSSR count). The molecule has 0 aromatic heterocycles. The van der Waals surface area contributed by atoms with Crippen LogP contribution in [0.15, 0.2) is 48.5 Å². The fraction of sp³-hybridized carbons (Fsp3) is 0.368. The van der Waals surface area contributed by atoms with Crippen LogP contribution in [0, 0.1) is 13.8 Å². The van der Waals surface area contributed by atoms with Gasteiger partial charge >= 0.3 is 0 Å². The van der Waals surface area contributed by atoms with Crippen LogP contribution in [-0.2, 0) is 0 Å². The first-order valence-electron chi connectivity index (χ1n) is 7.61. The van der Waals surface area contributed by atoms with Crippen molar-refractivity contribution in [3.05, 3.63) is 70.8 Å². The monoisotopic (exact) mass is 283 g/mol. The van der Waals surface area contributed by atoms with E-state index >= 15 is 0 Å². The molecule has 112 valence electrons. The van der Waals surface area contributed by atoms with E-state index in [1.807, 2.05) is 6.07 Å². The van der Waals surface area contributed by atoms with Crippen molar-refractivity contribution >= 4 is 0 Å². The number of hydrogen-bond acceptors (Lipinski definition) is 2. The quantitative estimate of drug-likeness (QED) is 0.846. The van der Waals surface area contributed by atoms with Crippen molar-refractivity contribution in [3.63, 3.8) is 0 Å². The number of aliphatic hydroxyl groups excluding tert-OH is 1. The highest BCUT2D eigenvalue weighted by atomic mass is 16.3. The lowest BCUT2D eigenvalue weighted by molar-refractivity contribution is 0.266. The molecule has 2 nitrogen and oxygen atoms in total. The molecule has 2 heteroatoms. The van der Waals surface area contributed by atoms with E-state index in [9.17, 15) is 0 Å². The van der Waals surface area contributed by atoms with Gasteiger partial charge in [0.05, 0.1) is 6.04 Å². The number of rotatable bonds is 6. The summed E-state index contributed by atoms with van der Waals surface area (Å²) in [5.41, 5.74) is 5.13. The Hall–Kier alpha value is -1.64. The van der Waals surface area contributed by atoms with Crippen LogP contribution >= 0.6 is 0 Å². The van der Waals surface area contributed by atoms with E-state index in [1.54, 1.807) is 0 Å². The lowest BCUT2D eigenvalue weighted by Crippen LogP contribution is -2.32. The van der Waals surface area contributed by atoms with E-state index in [0.717, 1.165) is 6.42 Å². The van der Waals surface area contributed by atoms with Crippen molar-refractivity contribution in [2.24, 2.45) is 0 Å². The Bertz CT molecular complexity index is 565. The summed E-state index contributed by atoms with van der Waals surface area (Å²) in [6, 6.07) is 17.5. The molecule has 0 amide bonds. The summed E-state index contributed by atoms with van der Waals surface area (Å²) in [4.78, 5) is 0. The molecule has 0 aliphatic carbocycles. The maximum Gasteiger partial charge on any atom is 0.0581 e. The molecule has 2 aromatic carbocycles. The van der Waals surface area contributed by atoms with Gasteiger partial charge in [-0.1, -0.05) is 54.1 Å². The maximum absolute atomic E-state index is 9.15. The molecule has 0 heterocycles. The molecule has 0 radical (unpaired) electrons. The molecule has 0 aliphatic heterocycles. The summed E-state index contributed by atoms with van der Waals surface area (Å²) in [6.07, 6.45) is 0.758. The second-order valence-corrected chi connectivity index (χ2v) is 5.78. The van der Waals surface area contributed by atoms with Crippen LogP contribution in [0.3, 0.4) is 0 Å². The van der Waals surface area contributed by atoms with Gasteiger partial charge in [0.15, 0.2) is 0 Å². The van der Waals surface area contributed by atoms with Gasteiger partial charge in [-0.15, -0.1) is 0 Å². The highest BCUT2D eigenvalue weighted by Gasteiger charge is 2.18. The normalized spacial score (nSPS) is 13.9. The predicted octanol–water partition coefficient (Wildman–Crippen LogP) is 3.75. The third kappa shape index (κ3) is 4.16. The minimum atomic E-state index is 0.160. The molecule has 2 atom stereocenters. The van der Waals surface area contributed by atoms with Crippen molar-refractivity contribution < 1.29 is 5.11 Å². The van der Waals surface area contributed by atoms with Gasteiger partial charge in [0, 0.05) is 12.6 Å². The molecule has 0 fully saturated rings. The van der Waals surface area contributed by atoms with Crippen LogP contribution in [-0.4, -0.2) is 17.8 Å². The van der Waals surface area contributed by atoms with Gasteiger partial charge in [-0.25, -0.2) is 0 Å². The first kappa shape index (κ1) is 15.7. The number of hydrogen-bond donors (Lipinski definition) is 2. The van der Waals surface area contributed by atoms with Crippen molar-refractivity contribution in [3.8, 4) is 0 Å². The fourth-order valence-electron chi connectivity index (χ4n) is 2.64. The first-order valence-corrected chi connectivity index (χ1v) is 7.61. The molecule has 0 spiro atoms. The lowest BCUT2D eigenvalue weighted by Gasteiger charge is -2.26. The Kier molecular flexibility index (Phi) is 5.54. The molecular weight excluding hydrogens is 258 g/mol. The van der Waals surface area contributed by atoms with E-state index in [2.05, 4.69) is 68.6 Å². The van der Waals surface area contributed by atoms with E-state index in [4.69, 9.17) is 5.11 Å². The van der Waals surface area contributed by atoms with E-state index < -0.39 is 0 Å². The fourth-order valence-corrected chi connectivity index (χ4v) is 2.64. The summed E-state index contributed by atoms with van der Waals surface area (Å²) in [7, 11) is 0. The highest BCUT2D eigenvalue weighted by molar-refractivity contribution is 5.39. The van der Waals surface area contributed by atoms with Crippen molar-refractivity contribution in [1.29, 1.82) is 0 Å². The molecule has 0 saturated carbocycles. The standard InChI is InChI=1S/C19H25NO/c1-14-9-10-15(2)18(13-14)19(20-16(3)11-12-21)17-7-5-4-6-8-17/h4-10,13,16,19-21H,11-12H2,1-3H3. The summed E-state index contributed by atoms with van der Waals surface area (Å²) < 4.78 is 0. The molecule has 2 N–H and O–H groups in total. The zero-order valence-corrected chi connectivity index (χ0v) is 13.1. The van der Waals surface area contributed by atoms with Crippen LogP contribution < -0.4 is 5.32 Å². The Morgan fingerprint density at radius 3 is 2.43 bits per heavy atom. The van der Waals surface area contributed by atoms with Crippen LogP contribution in [0.25, 0.3) is 0 Å². The third-order valence-corrected chi connectivity index (χ3v) is 3.89. The van der Waals surface area contributed by atoms with E-state index in [0.29, 0.717) is 0 Å². The van der Waals surface area contributed by atoms with Crippen LogP contribution in [0.5, 0.6) is 0 Å². The van der Waals surface area contributed by atoms with Crippen LogP contribution in [0.4, 0.5) is 0 Å². The summed E-state index contributed by atoms with van der Waals surface area (Å²) in [5.74, 6) is 0. The summed E-state index contributed by atoms with van der Waals surface area (Å²) in [6.45, 7) is 6.62. The van der Waals surface area contributed by atoms with E-state index in [-0.39, 0.29) is 18.7 Å². The second-order valence-electron chi connectivity index (χ2n) is 5.78. The topological polar surface area (TPSA) is 32.3 Å². The minimum Gasteiger partial charge on any atom is -0.396 e. The minimum absolute atomic E-state index is 0.160. The zero-order valence-electron chi connectivity index (χ0n) is 13.1. The number of nitrogens with one attached hydrogen (secondary N) is 1. The zero-order chi connectivity index (χ0) is 15.2. The number of aryl methyl sites for hydroxylation is 2. The Labute approximate surface area is 127 Å². The van der Waals surface area contributed by atoms with Gasteiger partial charge in [0.25, 0.3) is 0 Å². The first-order chi connectivity index (χ1) is 10.1. The SMILES string of the molecule is Cc1ccc(C)c(C(NC(C)CCO)c2ccccc2)c1. The van der Waals surface area contributed by atoms with Crippen LogP contribution in [0.1, 0.15) is 41.6 Å². The predicted molar refractivity (Wildman–Crippen MR) is 88.5 cm³/mol. The van der Waals surface area contributed by atoms with Crippen molar-refractivity contribution in [2.75, 3.05) is 6.61 Å². The second kappa shape index (κ2) is 7.39. The molecule has 0 bridgehead atoms. The number of benzene rings is 2. The largest absolute Gasteiger partial charge is 0.396 e. The van der Waals surface area contributed by atoms with Gasteiger partial charge in [-0.05, 0) is 43.9 Å². The van der Waals surface area contributed by atoms with Gasteiger partial charge in [0.1, 0.15) is 0 Å². The molecule has 0 aliphatic rings.